The van der Waals surface area contributed by atoms with Gasteiger partial charge in [0.2, 0.25) is 0 Å². The second-order valence-corrected chi connectivity index (χ2v) is 14.5. The van der Waals surface area contributed by atoms with E-state index in [-0.39, 0.29) is 31.6 Å². The van der Waals surface area contributed by atoms with Crippen LogP contribution in [0.1, 0.15) is 188 Å². The minimum absolute atomic E-state index is 0.118. The Morgan fingerprint density at radius 3 is 1.16 bits per heavy atom. The van der Waals surface area contributed by atoms with Gasteiger partial charge in [0.15, 0.2) is 6.10 Å². The molecule has 0 aliphatic heterocycles. The van der Waals surface area contributed by atoms with Gasteiger partial charge in [0, 0.05) is 19.3 Å². The van der Waals surface area contributed by atoms with Crippen LogP contribution in [0.2, 0.25) is 0 Å². The van der Waals surface area contributed by atoms with Crippen LogP contribution in [0, 0.1) is 0 Å². The number of rotatable bonds is 39. The Hall–Kier alpha value is -3.67. The molecule has 0 fully saturated rings. The molecule has 0 N–H and O–H groups in total. The predicted octanol–water partition coefficient (Wildman–Crippen LogP) is 14.6. The van der Waals surface area contributed by atoms with Gasteiger partial charge in [-0.05, 0) is 96.3 Å². The smallest absolute Gasteiger partial charge is 0.306 e. The Morgan fingerprint density at radius 1 is 0.368 bits per heavy atom. The summed E-state index contributed by atoms with van der Waals surface area (Å²) in [6.45, 7) is 6.25. The second-order valence-electron chi connectivity index (χ2n) is 14.5. The molecule has 0 heterocycles. The van der Waals surface area contributed by atoms with Gasteiger partial charge in [0.05, 0.1) is 0 Å². The van der Waals surface area contributed by atoms with Crippen molar-refractivity contribution >= 4 is 17.9 Å². The topological polar surface area (TPSA) is 78.9 Å². The summed E-state index contributed by atoms with van der Waals surface area (Å²) in [5, 5.41) is 0. The molecule has 0 radical (unpaired) electrons. The zero-order chi connectivity index (χ0) is 41.5. The molecule has 0 aliphatic carbocycles. The van der Waals surface area contributed by atoms with E-state index in [1.54, 1.807) is 0 Å². The van der Waals surface area contributed by atoms with E-state index in [2.05, 4.69) is 106 Å². The van der Waals surface area contributed by atoms with E-state index >= 15 is 0 Å². The Kier molecular flexibility index (Phi) is 42.1. The van der Waals surface area contributed by atoms with Crippen LogP contribution in [0.15, 0.2) is 97.2 Å². The van der Waals surface area contributed by atoms with Crippen molar-refractivity contribution in [3.05, 3.63) is 97.2 Å². The van der Waals surface area contributed by atoms with E-state index in [0.717, 1.165) is 116 Å². The van der Waals surface area contributed by atoms with Crippen molar-refractivity contribution in [2.24, 2.45) is 0 Å². The fraction of sp³-hybridized carbons (Fsp3) is 0.627. The molecule has 0 saturated heterocycles. The van der Waals surface area contributed by atoms with Gasteiger partial charge in [-0.15, -0.1) is 0 Å². The molecule has 0 aromatic heterocycles. The summed E-state index contributed by atoms with van der Waals surface area (Å²) in [7, 11) is 0. The van der Waals surface area contributed by atoms with Crippen molar-refractivity contribution in [1.82, 2.24) is 0 Å². The first kappa shape index (κ1) is 53.3. The summed E-state index contributed by atoms with van der Waals surface area (Å²) < 4.78 is 16.6. The number of unbranched alkanes of at least 4 members (excludes halogenated alkanes) is 12. The molecule has 0 amide bonds. The van der Waals surface area contributed by atoms with Crippen LogP contribution in [0.4, 0.5) is 0 Å². The molecule has 6 heteroatoms. The Bertz CT molecular complexity index is 1180. The highest BCUT2D eigenvalue weighted by Gasteiger charge is 2.19. The van der Waals surface area contributed by atoms with E-state index in [1.165, 1.54) is 25.7 Å². The Labute approximate surface area is 349 Å². The van der Waals surface area contributed by atoms with Crippen LogP contribution < -0.4 is 0 Å². The molecule has 0 aliphatic rings. The second kappa shape index (κ2) is 45.0. The first-order chi connectivity index (χ1) is 28.0. The maximum atomic E-state index is 12.7. The highest BCUT2D eigenvalue weighted by atomic mass is 16.6. The maximum Gasteiger partial charge on any atom is 0.306 e. The minimum Gasteiger partial charge on any atom is -0.462 e. The average Bonchev–Trinajstić information content (AvgIpc) is 3.21. The quantitative estimate of drug-likeness (QED) is 0.0267. The molecule has 1 unspecified atom stereocenters. The van der Waals surface area contributed by atoms with Crippen LogP contribution in [-0.2, 0) is 28.6 Å². The van der Waals surface area contributed by atoms with Gasteiger partial charge in [0.1, 0.15) is 13.2 Å². The number of allylic oxidation sites excluding steroid dienone is 16. The molecule has 322 valence electrons. The number of esters is 3. The van der Waals surface area contributed by atoms with Crippen molar-refractivity contribution in [3.63, 3.8) is 0 Å². The number of carbonyl (C=O) groups excluding carboxylic acids is 3. The highest BCUT2D eigenvalue weighted by Crippen LogP contribution is 2.12. The lowest BCUT2D eigenvalue weighted by Gasteiger charge is -2.18. The van der Waals surface area contributed by atoms with E-state index in [0.29, 0.717) is 19.3 Å². The molecule has 6 nitrogen and oxygen atoms in total. The third-order valence-corrected chi connectivity index (χ3v) is 9.07. The van der Waals surface area contributed by atoms with E-state index in [4.69, 9.17) is 14.2 Å². The standard InChI is InChI=1S/C51H82O6/c1-4-7-10-13-16-19-22-24-25-27-29-32-35-38-41-44-50(53)56-47-48(46-55-49(52)43-40-37-34-31-28-21-18-15-12-9-6-3)57-51(54)45-42-39-36-33-30-26-23-20-17-14-11-8-5-2/h7-8,10-11,15-20,24-26,30,36,39,48H,4-6,9,12-14,21-23,27-29,31-35,37-38,40-47H2,1-3H3/b10-7-,11-8-,18-15-,19-16-,20-17-,25-24-,30-26-,39-36-. The Balaban J connectivity index is 4.53. The van der Waals surface area contributed by atoms with E-state index in [1.807, 2.05) is 12.2 Å². The van der Waals surface area contributed by atoms with Crippen molar-refractivity contribution in [2.75, 3.05) is 13.2 Å². The molecular formula is C51H82O6. The van der Waals surface area contributed by atoms with Crippen LogP contribution in [0.5, 0.6) is 0 Å². The van der Waals surface area contributed by atoms with Crippen LogP contribution in [0.25, 0.3) is 0 Å². The molecule has 0 bridgehead atoms. The van der Waals surface area contributed by atoms with Crippen LogP contribution >= 0.6 is 0 Å². The number of hydrogen-bond acceptors (Lipinski definition) is 6. The van der Waals surface area contributed by atoms with Crippen molar-refractivity contribution in [2.45, 2.75) is 194 Å². The molecular weight excluding hydrogens is 709 g/mol. The summed E-state index contributed by atoms with van der Waals surface area (Å²) in [4.78, 5) is 37.7. The lowest BCUT2D eigenvalue weighted by molar-refractivity contribution is -0.166. The minimum atomic E-state index is -0.824. The monoisotopic (exact) mass is 791 g/mol. The van der Waals surface area contributed by atoms with Crippen molar-refractivity contribution in [3.8, 4) is 0 Å². The van der Waals surface area contributed by atoms with Crippen LogP contribution in [0.3, 0.4) is 0 Å². The zero-order valence-electron chi connectivity index (χ0n) is 36.6. The van der Waals surface area contributed by atoms with Gasteiger partial charge in [0.25, 0.3) is 0 Å². The third-order valence-electron chi connectivity index (χ3n) is 9.07. The molecule has 0 rings (SSSR count). The van der Waals surface area contributed by atoms with E-state index < -0.39 is 12.1 Å². The SMILES string of the molecule is CC/C=C\C/C=C\C/C=C\C/C=C\CCC(=O)OC(COC(=O)CCCCCCC/C=C\C/C=C\C/C=C\CC)COC(=O)CCCCCCC/C=C\CCCC. The molecule has 0 aromatic rings. The lowest BCUT2D eigenvalue weighted by atomic mass is 10.1. The van der Waals surface area contributed by atoms with E-state index in [9.17, 15) is 14.4 Å². The summed E-state index contributed by atoms with van der Waals surface area (Å²) >= 11 is 0. The largest absolute Gasteiger partial charge is 0.462 e. The highest BCUT2D eigenvalue weighted by molar-refractivity contribution is 5.71. The van der Waals surface area contributed by atoms with Crippen molar-refractivity contribution < 1.29 is 28.6 Å². The van der Waals surface area contributed by atoms with Gasteiger partial charge in [-0.1, -0.05) is 169 Å². The normalized spacial score (nSPS) is 13.0. The zero-order valence-corrected chi connectivity index (χ0v) is 36.6. The fourth-order valence-electron chi connectivity index (χ4n) is 5.68. The molecule has 1 atom stereocenters. The first-order valence-corrected chi connectivity index (χ1v) is 22.7. The maximum absolute atomic E-state index is 12.7. The molecule has 0 aromatic carbocycles. The van der Waals surface area contributed by atoms with Gasteiger partial charge < -0.3 is 14.2 Å². The molecule has 0 spiro atoms. The van der Waals surface area contributed by atoms with Crippen LogP contribution in [-0.4, -0.2) is 37.2 Å². The summed E-state index contributed by atoms with van der Waals surface area (Å²) in [6.07, 6.45) is 58.3. The summed E-state index contributed by atoms with van der Waals surface area (Å²) in [6, 6.07) is 0. The lowest BCUT2D eigenvalue weighted by Crippen LogP contribution is -2.30. The predicted molar refractivity (Wildman–Crippen MR) is 242 cm³/mol. The number of hydrogen-bond donors (Lipinski definition) is 0. The Morgan fingerprint density at radius 2 is 0.719 bits per heavy atom. The van der Waals surface area contributed by atoms with Crippen molar-refractivity contribution in [1.29, 1.82) is 0 Å². The van der Waals surface area contributed by atoms with Gasteiger partial charge in [-0.3, -0.25) is 14.4 Å². The van der Waals surface area contributed by atoms with Gasteiger partial charge in [-0.2, -0.15) is 0 Å². The molecule has 57 heavy (non-hydrogen) atoms. The summed E-state index contributed by atoms with van der Waals surface area (Å²) in [5.74, 6) is -1.04. The first-order valence-electron chi connectivity index (χ1n) is 22.7. The van der Waals surface area contributed by atoms with Gasteiger partial charge >= 0.3 is 17.9 Å². The number of ether oxygens (including phenoxy) is 3. The average molecular weight is 791 g/mol. The fourth-order valence-corrected chi connectivity index (χ4v) is 5.68. The molecule has 0 saturated carbocycles. The third kappa shape index (κ3) is 43.3. The van der Waals surface area contributed by atoms with Gasteiger partial charge in [-0.25, -0.2) is 0 Å². The summed E-state index contributed by atoms with van der Waals surface area (Å²) in [5.41, 5.74) is 0. The number of carbonyl (C=O) groups is 3.